The van der Waals surface area contributed by atoms with Crippen molar-refractivity contribution in [2.45, 2.75) is 6.92 Å². The molecular formula is C5H5BrMgS. The molecule has 1 aromatic rings. The van der Waals surface area contributed by atoms with Crippen LogP contribution in [0.3, 0.4) is 0 Å². The summed E-state index contributed by atoms with van der Waals surface area (Å²) in [5.74, 6) is 0. The average molecular weight is 201 g/mol. The summed E-state index contributed by atoms with van der Waals surface area (Å²) in [5.41, 5.74) is 0. The van der Waals surface area contributed by atoms with Gasteiger partial charge in [0.05, 0.1) is 0 Å². The topological polar surface area (TPSA) is 0 Å². The number of rotatable bonds is 0. The van der Waals surface area contributed by atoms with Crippen LogP contribution in [-0.2, 0) is 0 Å². The smallest absolute Gasteiger partial charge is 1.00 e. The second-order valence-electron chi connectivity index (χ2n) is 1.16. The first-order valence-electron chi connectivity index (χ1n) is 1.81. The number of hydrogen-bond acceptors (Lipinski definition) is 1. The van der Waals surface area contributed by atoms with Gasteiger partial charge in [0.1, 0.15) is 0 Å². The summed E-state index contributed by atoms with van der Waals surface area (Å²) >= 11 is 1.72. The molecule has 0 atom stereocenters. The Morgan fingerprint density at radius 3 is 2.38 bits per heavy atom. The van der Waals surface area contributed by atoms with Crippen molar-refractivity contribution in [2.75, 3.05) is 0 Å². The maximum atomic E-state index is 2.95. The average Bonchev–Trinajstić information content (AvgIpc) is 1.86. The molecule has 1 heterocycles. The Morgan fingerprint density at radius 1 is 1.62 bits per heavy atom. The molecule has 0 N–H and O–H groups in total. The van der Waals surface area contributed by atoms with Crippen LogP contribution in [0.4, 0.5) is 0 Å². The summed E-state index contributed by atoms with van der Waals surface area (Å²) in [5, 5.41) is 1.95. The summed E-state index contributed by atoms with van der Waals surface area (Å²) in [4.78, 5) is 1.33. The molecule has 1 aromatic heterocycles. The molecule has 0 radical (unpaired) electrons. The maximum Gasteiger partial charge on any atom is 2.00 e. The third kappa shape index (κ3) is 3.89. The first kappa shape index (κ1) is 11.7. The van der Waals surface area contributed by atoms with E-state index < -0.39 is 0 Å². The number of hydrogen-bond donors (Lipinski definition) is 0. The van der Waals surface area contributed by atoms with Gasteiger partial charge in [-0.25, -0.2) is 12.1 Å². The SMILES string of the molecule is Cc1c[c-]cs1.[Br-].[Mg+2]. The fourth-order valence-corrected chi connectivity index (χ4v) is 0.770. The molecule has 0 aromatic carbocycles. The predicted octanol–water partition coefficient (Wildman–Crippen LogP) is -1.52. The minimum absolute atomic E-state index is 0. The van der Waals surface area contributed by atoms with Gasteiger partial charge in [0, 0.05) is 0 Å². The Kier molecular flexibility index (Phi) is 8.89. The van der Waals surface area contributed by atoms with Gasteiger partial charge in [0.2, 0.25) is 0 Å². The van der Waals surface area contributed by atoms with Gasteiger partial charge < -0.3 is 17.0 Å². The Morgan fingerprint density at radius 2 is 2.25 bits per heavy atom. The van der Waals surface area contributed by atoms with Crippen LogP contribution in [0.25, 0.3) is 0 Å². The summed E-state index contributed by atoms with van der Waals surface area (Å²) in [6, 6.07) is 4.92. The molecule has 0 aliphatic carbocycles. The van der Waals surface area contributed by atoms with E-state index in [1.54, 1.807) is 11.3 Å². The number of halogens is 1. The molecule has 8 heavy (non-hydrogen) atoms. The minimum atomic E-state index is 0. The van der Waals surface area contributed by atoms with Crippen molar-refractivity contribution in [3.63, 3.8) is 0 Å². The van der Waals surface area contributed by atoms with Gasteiger partial charge >= 0.3 is 23.1 Å². The van der Waals surface area contributed by atoms with Crippen LogP contribution >= 0.6 is 11.3 Å². The van der Waals surface area contributed by atoms with Crippen molar-refractivity contribution in [3.8, 4) is 0 Å². The van der Waals surface area contributed by atoms with Crippen molar-refractivity contribution in [1.29, 1.82) is 0 Å². The van der Waals surface area contributed by atoms with E-state index in [9.17, 15) is 0 Å². The number of aryl methyl sites for hydroxylation is 1. The molecule has 1 rings (SSSR count). The van der Waals surface area contributed by atoms with E-state index in [1.165, 1.54) is 4.88 Å². The van der Waals surface area contributed by atoms with E-state index in [4.69, 9.17) is 0 Å². The van der Waals surface area contributed by atoms with Gasteiger partial charge in [0.25, 0.3) is 0 Å². The summed E-state index contributed by atoms with van der Waals surface area (Å²) in [6.07, 6.45) is 0. The van der Waals surface area contributed by atoms with Crippen molar-refractivity contribution >= 4 is 34.4 Å². The van der Waals surface area contributed by atoms with Crippen molar-refractivity contribution in [1.82, 2.24) is 0 Å². The van der Waals surface area contributed by atoms with Crippen LogP contribution in [0.15, 0.2) is 11.4 Å². The molecule has 0 spiro atoms. The van der Waals surface area contributed by atoms with E-state index in [0.717, 1.165) is 0 Å². The van der Waals surface area contributed by atoms with Crippen LogP contribution in [0.1, 0.15) is 4.88 Å². The Labute approximate surface area is 80.2 Å². The first-order valence-corrected chi connectivity index (χ1v) is 2.69. The molecular weight excluding hydrogens is 196 g/mol. The molecule has 0 unspecified atom stereocenters. The van der Waals surface area contributed by atoms with Crippen LogP contribution in [0.5, 0.6) is 0 Å². The van der Waals surface area contributed by atoms with Crippen LogP contribution in [0.2, 0.25) is 0 Å². The first-order chi connectivity index (χ1) is 2.89. The molecule has 0 amide bonds. The zero-order chi connectivity index (χ0) is 4.41. The van der Waals surface area contributed by atoms with Gasteiger partial charge in [-0.2, -0.15) is 0 Å². The fourth-order valence-electron chi connectivity index (χ4n) is 0.312. The van der Waals surface area contributed by atoms with Gasteiger partial charge in [-0.3, -0.25) is 11.3 Å². The van der Waals surface area contributed by atoms with E-state index in [-0.39, 0.29) is 40.0 Å². The summed E-state index contributed by atoms with van der Waals surface area (Å²) < 4.78 is 0. The van der Waals surface area contributed by atoms with Crippen molar-refractivity contribution in [2.24, 2.45) is 0 Å². The Balaban J connectivity index is 0. The van der Waals surface area contributed by atoms with E-state index in [0.29, 0.717) is 0 Å². The van der Waals surface area contributed by atoms with Gasteiger partial charge in [0.15, 0.2) is 0 Å². The summed E-state index contributed by atoms with van der Waals surface area (Å²) in [7, 11) is 0. The van der Waals surface area contributed by atoms with Crippen LogP contribution < -0.4 is 17.0 Å². The van der Waals surface area contributed by atoms with E-state index in [1.807, 2.05) is 11.4 Å². The maximum absolute atomic E-state index is 2.95. The van der Waals surface area contributed by atoms with Crippen LogP contribution in [-0.4, -0.2) is 23.1 Å². The summed E-state index contributed by atoms with van der Waals surface area (Å²) in [6.45, 7) is 2.07. The molecule has 40 valence electrons. The third-order valence-corrected chi connectivity index (χ3v) is 1.34. The zero-order valence-corrected chi connectivity index (χ0v) is 8.46. The molecule has 0 saturated carbocycles. The molecule has 0 aliphatic heterocycles. The van der Waals surface area contributed by atoms with Gasteiger partial charge in [-0.05, 0) is 0 Å². The minimum Gasteiger partial charge on any atom is -1.00 e. The quantitative estimate of drug-likeness (QED) is 0.353. The van der Waals surface area contributed by atoms with Gasteiger partial charge in [-0.1, -0.05) is 6.92 Å². The normalized spacial score (nSPS) is 6.62. The molecule has 0 fully saturated rings. The number of thiophene rings is 1. The van der Waals surface area contributed by atoms with E-state index >= 15 is 0 Å². The molecule has 0 nitrogen and oxygen atoms in total. The predicted molar refractivity (Wildman–Crippen MR) is 33.6 cm³/mol. The van der Waals surface area contributed by atoms with Gasteiger partial charge in [-0.15, -0.1) is 10.3 Å². The van der Waals surface area contributed by atoms with Crippen molar-refractivity contribution in [3.05, 3.63) is 22.4 Å². The molecule has 3 heteroatoms. The third-order valence-electron chi connectivity index (χ3n) is 0.599. The zero-order valence-electron chi connectivity index (χ0n) is 4.65. The Hall–Kier alpha value is 0.946. The largest absolute Gasteiger partial charge is 2.00 e. The molecule has 0 aliphatic rings. The molecule has 0 bridgehead atoms. The van der Waals surface area contributed by atoms with Crippen LogP contribution in [0, 0.1) is 13.0 Å². The second kappa shape index (κ2) is 6.07. The Bertz CT molecular complexity index is 116. The second-order valence-corrected chi connectivity index (χ2v) is 2.27. The van der Waals surface area contributed by atoms with E-state index in [2.05, 4.69) is 13.0 Å². The monoisotopic (exact) mass is 200 g/mol. The standard InChI is InChI=1S/C5H5S.BrH.Mg/c1-5-3-2-4-6-5;;/h3-4H,1H3;1H;/q-1;;+2/p-1. The van der Waals surface area contributed by atoms with Crippen molar-refractivity contribution < 1.29 is 17.0 Å². The fraction of sp³-hybridized carbons (Fsp3) is 0.200. The molecule has 0 saturated heterocycles.